The summed E-state index contributed by atoms with van der Waals surface area (Å²) in [7, 11) is 1.56. The lowest BCUT2D eigenvalue weighted by Crippen LogP contribution is -2.20. The maximum absolute atomic E-state index is 13.7. The third-order valence-electron chi connectivity index (χ3n) is 8.03. The number of aromatic hydroxyl groups is 1. The number of fused-ring (bicyclic) bond motifs is 2. The van der Waals surface area contributed by atoms with Crippen LogP contribution in [0.5, 0.6) is 11.5 Å². The molecule has 2 aliphatic heterocycles. The predicted molar refractivity (Wildman–Crippen MR) is 158 cm³/mol. The Morgan fingerprint density at radius 3 is 1.90 bits per heavy atom. The molecule has 6 nitrogen and oxygen atoms in total. The van der Waals surface area contributed by atoms with Crippen LogP contribution in [0.4, 0.5) is 24.5 Å². The Balaban J connectivity index is 0.00000337. The van der Waals surface area contributed by atoms with Crippen molar-refractivity contribution in [3.05, 3.63) is 65.2 Å². The predicted octanol–water partition coefficient (Wildman–Crippen LogP) is 7.48. The van der Waals surface area contributed by atoms with Gasteiger partial charge in [0.1, 0.15) is 11.5 Å². The van der Waals surface area contributed by atoms with E-state index in [-0.39, 0.29) is 12.4 Å². The Bertz CT molecular complexity index is 1510. The van der Waals surface area contributed by atoms with Gasteiger partial charge in [0, 0.05) is 40.7 Å². The van der Waals surface area contributed by atoms with Crippen LogP contribution in [0, 0.1) is 0 Å². The molecule has 10 heteroatoms. The summed E-state index contributed by atoms with van der Waals surface area (Å²) in [5.41, 5.74) is 3.24. The zero-order valence-electron chi connectivity index (χ0n) is 22.9. The van der Waals surface area contributed by atoms with Crippen LogP contribution < -0.4 is 10.1 Å². The molecule has 4 aromatic rings. The average molecular weight is 587 g/mol. The monoisotopic (exact) mass is 586 g/mol. The average Bonchev–Trinajstić information content (AvgIpc) is 3.65. The van der Waals surface area contributed by atoms with E-state index in [9.17, 15) is 18.3 Å². The van der Waals surface area contributed by atoms with Crippen LogP contribution in [0.25, 0.3) is 21.8 Å². The third kappa shape index (κ3) is 6.17. The van der Waals surface area contributed by atoms with Crippen LogP contribution in [0.2, 0.25) is 0 Å². The molecule has 2 aliphatic rings. The zero-order valence-corrected chi connectivity index (χ0v) is 23.7. The molecule has 218 valence electrons. The van der Waals surface area contributed by atoms with Crippen molar-refractivity contribution in [2.24, 2.45) is 0 Å². The molecule has 3 heterocycles. The van der Waals surface area contributed by atoms with Gasteiger partial charge in [-0.2, -0.15) is 13.2 Å². The molecule has 41 heavy (non-hydrogen) atoms. The topological polar surface area (TPSA) is 60.9 Å². The number of benzene rings is 3. The second-order valence-corrected chi connectivity index (χ2v) is 10.8. The number of methoxy groups -OCH3 is 1. The number of rotatable bonds is 7. The van der Waals surface area contributed by atoms with Gasteiger partial charge in [0.25, 0.3) is 0 Å². The Morgan fingerprint density at radius 1 is 0.829 bits per heavy atom. The number of ether oxygens (including phenoxy) is 1. The highest BCUT2D eigenvalue weighted by molar-refractivity contribution is 6.09. The van der Waals surface area contributed by atoms with E-state index < -0.39 is 11.7 Å². The van der Waals surface area contributed by atoms with Crippen LogP contribution in [0.1, 0.15) is 42.4 Å². The molecule has 2 saturated heterocycles. The number of anilines is 2. The number of likely N-dealkylation sites (tertiary alicyclic amines) is 2. The molecule has 0 atom stereocenters. The summed E-state index contributed by atoms with van der Waals surface area (Å²) in [6.07, 6.45) is 0.0595. The number of pyridine rings is 1. The highest BCUT2D eigenvalue weighted by Gasteiger charge is 2.31. The summed E-state index contributed by atoms with van der Waals surface area (Å²) in [5, 5.41) is 15.8. The zero-order chi connectivity index (χ0) is 27.9. The number of hydrogen-bond acceptors (Lipinski definition) is 6. The minimum Gasteiger partial charge on any atom is -0.507 e. The lowest BCUT2D eigenvalue weighted by molar-refractivity contribution is -0.137. The van der Waals surface area contributed by atoms with Crippen LogP contribution in [0.15, 0.2) is 48.5 Å². The Hall–Kier alpha value is -3.27. The van der Waals surface area contributed by atoms with Crippen molar-refractivity contribution in [2.75, 3.05) is 38.6 Å². The van der Waals surface area contributed by atoms with Crippen molar-refractivity contribution in [3.63, 3.8) is 0 Å². The first-order valence-electron chi connectivity index (χ1n) is 13.8. The SMILES string of the molecule is COc1ccc2nc3ccc(C(F)(F)F)cc3c(Nc3cc(CN4CCCC4)c(O)c(CN4CCCC4)c3)c2c1.Cl. The van der Waals surface area contributed by atoms with Gasteiger partial charge < -0.3 is 15.2 Å². The highest BCUT2D eigenvalue weighted by Crippen LogP contribution is 2.40. The van der Waals surface area contributed by atoms with E-state index >= 15 is 0 Å². The molecule has 2 N–H and O–H groups in total. The second kappa shape index (κ2) is 11.9. The molecule has 0 bridgehead atoms. The highest BCUT2D eigenvalue weighted by atomic mass is 35.5. The van der Waals surface area contributed by atoms with Gasteiger partial charge in [-0.1, -0.05) is 0 Å². The number of aromatic nitrogens is 1. The number of phenols is 1. The Morgan fingerprint density at radius 2 is 1.37 bits per heavy atom. The minimum atomic E-state index is -4.49. The number of alkyl halides is 3. The minimum absolute atomic E-state index is 0. The van der Waals surface area contributed by atoms with Gasteiger partial charge in [0.2, 0.25) is 0 Å². The summed E-state index contributed by atoms with van der Waals surface area (Å²) in [6.45, 7) is 5.18. The molecule has 0 aliphatic carbocycles. The standard InChI is InChI=1S/C31H33F3N4O2.ClH/c1-40-24-7-9-28-26(17-24)29(25-16-22(31(32,33)34)6-8-27(25)36-28)35-23-14-20(18-37-10-2-3-11-37)30(39)21(15-23)19-38-12-4-5-13-38;/h6-9,14-17,39H,2-5,10-13,18-19H2,1H3,(H,35,36);1H. The van der Waals surface area contributed by atoms with Gasteiger partial charge in [0.05, 0.1) is 29.4 Å². The van der Waals surface area contributed by atoms with E-state index in [1.807, 2.05) is 18.2 Å². The first-order valence-corrected chi connectivity index (χ1v) is 13.8. The summed E-state index contributed by atoms with van der Waals surface area (Å²) in [5.74, 6) is 0.883. The van der Waals surface area contributed by atoms with Gasteiger partial charge in [-0.3, -0.25) is 9.80 Å². The number of hydrogen-bond donors (Lipinski definition) is 2. The van der Waals surface area contributed by atoms with E-state index in [0.717, 1.165) is 80.8 Å². The van der Waals surface area contributed by atoms with Crippen LogP contribution in [-0.2, 0) is 19.3 Å². The Labute approximate surface area is 243 Å². The van der Waals surface area contributed by atoms with Gasteiger partial charge in [-0.15, -0.1) is 12.4 Å². The maximum Gasteiger partial charge on any atom is 0.416 e. The fourth-order valence-electron chi connectivity index (χ4n) is 5.94. The molecule has 1 aromatic heterocycles. The van der Waals surface area contributed by atoms with E-state index in [2.05, 4.69) is 20.1 Å². The van der Waals surface area contributed by atoms with Gasteiger partial charge in [-0.25, -0.2) is 4.98 Å². The largest absolute Gasteiger partial charge is 0.507 e. The normalized spacial score (nSPS) is 16.4. The molecular weight excluding hydrogens is 553 g/mol. The van der Waals surface area contributed by atoms with Gasteiger partial charge in [0.15, 0.2) is 0 Å². The quantitative estimate of drug-likeness (QED) is 0.173. The van der Waals surface area contributed by atoms with Crippen LogP contribution in [0.3, 0.4) is 0 Å². The fourth-order valence-corrected chi connectivity index (χ4v) is 5.94. The van der Waals surface area contributed by atoms with Crippen LogP contribution in [-0.4, -0.2) is 53.2 Å². The molecule has 3 aromatic carbocycles. The van der Waals surface area contributed by atoms with E-state index in [0.29, 0.717) is 52.1 Å². The molecule has 0 amide bonds. The molecule has 6 rings (SSSR count). The number of nitrogens with one attached hydrogen (secondary N) is 1. The Kier molecular flexibility index (Phi) is 8.50. The van der Waals surface area contributed by atoms with Crippen molar-refractivity contribution < 1.29 is 23.0 Å². The van der Waals surface area contributed by atoms with E-state index in [4.69, 9.17) is 4.74 Å². The third-order valence-corrected chi connectivity index (χ3v) is 8.03. The number of halogens is 4. The summed E-state index contributed by atoms with van der Waals surface area (Å²) in [6, 6.07) is 12.9. The molecule has 0 spiro atoms. The molecule has 0 unspecified atom stereocenters. The molecule has 2 fully saturated rings. The summed E-state index contributed by atoms with van der Waals surface area (Å²) >= 11 is 0. The smallest absolute Gasteiger partial charge is 0.416 e. The summed E-state index contributed by atoms with van der Waals surface area (Å²) < 4.78 is 46.7. The van der Waals surface area contributed by atoms with E-state index in [1.54, 1.807) is 19.2 Å². The fraction of sp³-hybridized carbons (Fsp3) is 0.387. The van der Waals surface area contributed by atoms with Crippen molar-refractivity contribution >= 4 is 45.6 Å². The van der Waals surface area contributed by atoms with Crippen molar-refractivity contribution in [1.29, 1.82) is 0 Å². The first-order chi connectivity index (χ1) is 19.3. The maximum atomic E-state index is 13.7. The van der Waals surface area contributed by atoms with Crippen molar-refractivity contribution in [2.45, 2.75) is 44.9 Å². The first kappa shape index (κ1) is 29.2. The molecule has 0 saturated carbocycles. The lowest BCUT2D eigenvalue weighted by Gasteiger charge is -2.22. The van der Waals surface area contributed by atoms with E-state index in [1.165, 1.54) is 6.07 Å². The number of phenolic OH excluding ortho intramolecular Hbond substituents is 1. The van der Waals surface area contributed by atoms with Crippen LogP contribution >= 0.6 is 12.4 Å². The summed E-state index contributed by atoms with van der Waals surface area (Å²) in [4.78, 5) is 9.31. The van der Waals surface area contributed by atoms with Gasteiger partial charge >= 0.3 is 6.18 Å². The number of nitrogens with zero attached hydrogens (tertiary/aromatic N) is 3. The second-order valence-electron chi connectivity index (χ2n) is 10.8. The molecule has 0 radical (unpaired) electrons. The van der Waals surface area contributed by atoms with Gasteiger partial charge in [-0.05, 0) is 100 Å². The van der Waals surface area contributed by atoms with Crippen molar-refractivity contribution in [1.82, 2.24) is 14.8 Å². The lowest BCUT2D eigenvalue weighted by atomic mass is 10.0. The van der Waals surface area contributed by atoms with Crippen molar-refractivity contribution in [3.8, 4) is 11.5 Å². The molecular formula is C31H34ClF3N4O2.